The average molecular weight is 348 g/mol. The van der Waals surface area contributed by atoms with E-state index in [1.54, 1.807) is 12.1 Å². The zero-order valence-corrected chi connectivity index (χ0v) is 15.6. The smallest absolute Gasteiger partial charge is 0.242 e. The summed E-state index contributed by atoms with van der Waals surface area (Å²) in [6.45, 7) is 9.24. The number of hydrogen-bond donors (Lipinski definition) is 3. The molecule has 138 valence electrons. The molecular weight excluding hydrogens is 319 g/mol. The molecule has 1 aliphatic rings. The SMILES string of the molecule is CCNC(=NCC(=O)NC(C)(C)C)NCC1(c2cccc(F)c2)CC1. The number of hydrogen-bond acceptors (Lipinski definition) is 2. The van der Waals surface area contributed by atoms with Crippen molar-refractivity contribution >= 4 is 11.9 Å². The Morgan fingerprint density at radius 1 is 1.28 bits per heavy atom. The Morgan fingerprint density at radius 2 is 2.00 bits per heavy atom. The highest BCUT2D eigenvalue weighted by molar-refractivity contribution is 5.85. The van der Waals surface area contributed by atoms with E-state index in [1.807, 2.05) is 33.8 Å². The van der Waals surface area contributed by atoms with Gasteiger partial charge in [-0.15, -0.1) is 0 Å². The minimum atomic E-state index is -0.270. The molecule has 1 aromatic rings. The summed E-state index contributed by atoms with van der Waals surface area (Å²) in [5.74, 6) is 0.286. The Labute approximate surface area is 149 Å². The molecule has 6 heteroatoms. The van der Waals surface area contributed by atoms with Crippen molar-refractivity contribution in [2.24, 2.45) is 4.99 Å². The van der Waals surface area contributed by atoms with Crippen LogP contribution in [-0.2, 0) is 10.2 Å². The number of carbonyl (C=O) groups excluding carboxylic acids is 1. The lowest BCUT2D eigenvalue weighted by molar-refractivity contribution is -0.121. The van der Waals surface area contributed by atoms with Crippen LogP contribution >= 0.6 is 0 Å². The zero-order valence-electron chi connectivity index (χ0n) is 15.6. The Kier molecular flexibility index (Phi) is 6.03. The lowest BCUT2D eigenvalue weighted by Gasteiger charge is -2.21. The largest absolute Gasteiger partial charge is 0.357 e. The maximum absolute atomic E-state index is 13.5. The van der Waals surface area contributed by atoms with Gasteiger partial charge in [0, 0.05) is 24.0 Å². The summed E-state index contributed by atoms with van der Waals surface area (Å²) in [5, 5.41) is 9.33. The van der Waals surface area contributed by atoms with Crippen LogP contribution in [0.4, 0.5) is 4.39 Å². The molecular formula is C19H29FN4O. The van der Waals surface area contributed by atoms with Crippen molar-refractivity contribution in [3.05, 3.63) is 35.6 Å². The molecule has 1 aromatic carbocycles. The van der Waals surface area contributed by atoms with E-state index >= 15 is 0 Å². The monoisotopic (exact) mass is 348 g/mol. The number of carbonyl (C=O) groups is 1. The van der Waals surface area contributed by atoms with E-state index < -0.39 is 0 Å². The quantitative estimate of drug-likeness (QED) is 0.546. The van der Waals surface area contributed by atoms with Crippen molar-refractivity contribution in [2.45, 2.75) is 51.5 Å². The second-order valence-corrected chi connectivity index (χ2v) is 7.64. The molecule has 1 saturated carbocycles. The third kappa shape index (κ3) is 6.03. The summed E-state index contributed by atoms with van der Waals surface area (Å²) in [4.78, 5) is 16.3. The molecule has 1 amide bonds. The highest BCUT2D eigenvalue weighted by atomic mass is 19.1. The number of halogens is 1. The molecule has 1 aliphatic carbocycles. The van der Waals surface area contributed by atoms with Gasteiger partial charge < -0.3 is 16.0 Å². The minimum absolute atomic E-state index is 0.0358. The summed E-state index contributed by atoms with van der Waals surface area (Å²) in [6, 6.07) is 6.79. The van der Waals surface area contributed by atoms with Gasteiger partial charge in [0.2, 0.25) is 5.91 Å². The van der Waals surface area contributed by atoms with E-state index in [4.69, 9.17) is 0 Å². The second-order valence-electron chi connectivity index (χ2n) is 7.64. The van der Waals surface area contributed by atoms with Crippen molar-refractivity contribution in [2.75, 3.05) is 19.6 Å². The fourth-order valence-electron chi connectivity index (χ4n) is 2.74. The van der Waals surface area contributed by atoms with Gasteiger partial charge in [-0.25, -0.2) is 9.38 Å². The maximum atomic E-state index is 13.5. The number of nitrogens with one attached hydrogen (secondary N) is 3. The first-order chi connectivity index (χ1) is 11.7. The highest BCUT2D eigenvalue weighted by Gasteiger charge is 2.44. The number of benzene rings is 1. The molecule has 0 aliphatic heterocycles. The van der Waals surface area contributed by atoms with Crippen molar-refractivity contribution in [3.63, 3.8) is 0 Å². The van der Waals surface area contributed by atoms with E-state index in [1.165, 1.54) is 6.07 Å². The molecule has 0 atom stereocenters. The normalized spacial score (nSPS) is 16.3. The van der Waals surface area contributed by atoms with E-state index in [-0.39, 0.29) is 29.2 Å². The Hall–Kier alpha value is -2.11. The molecule has 25 heavy (non-hydrogen) atoms. The molecule has 0 saturated heterocycles. The van der Waals surface area contributed by atoms with E-state index in [0.717, 1.165) is 18.4 Å². The van der Waals surface area contributed by atoms with Crippen LogP contribution in [0.15, 0.2) is 29.3 Å². The lowest BCUT2D eigenvalue weighted by atomic mass is 9.96. The molecule has 3 N–H and O–H groups in total. The predicted octanol–water partition coefficient (Wildman–Crippen LogP) is 2.33. The summed E-state index contributed by atoms with van der Waals surface area (Å²) in [5.41, 5.74) is 0.709. The number of guanidine groups is 1. The summed E-state index contributed by atoms with van der Waals surface area (Å²) >= 11 is 0. The number of rotatable bonds is 6. The van der Waals surface area contributed by atoms with Crippen LogP contribution in [-0.4, -0.2) is 37.0 Å². The van der Waals surface area contributed by atoms with E-state index in [0.29, 0.717) is 19.0 Å². The Morgan fingerprint density at radius 3 is 2.56 bits per heavy atom. The molecule has 1 fully saturated rings. The van der Waals surface area contributed by atoms with Crippen LogP contribution in [0.2, 0.25) is 0 Å². The van der Waals surface area contributed by atoms with Gasteiger partial charge in [0.15, 0.2) is 5.96 Å². The van der Waals surface area contributed by atoms with Crippen molar-refractivity contribution in [1.29, 1.82) is 0 Å². The molecule has 0 spiro atoms. The maximum Gasteiger partial charge on any atom is 0.242 e. The predicted molar refractivity (Wildman–Crippen MR) is 99.2 cm³/mol. The number of amides is 1. The van der Waals surface area contributed by atoms with Crippen LogP contribution in [0.3, 0.4) is 0 Å². The molecule has 0 bridgehead atoms. The van der Waals surface area contributed by atoms with Gasteiger partial charge in [-0.05, 0) is 58.2 Å². The standard InChI is InChI=1S/C19H29FN4O/c1-5-21-17(22-12-16(25)24-18(2,3)4)23-13-19(9-10-19)14-7-6-8-15(20)11-14/h6-8,11H,5,9-10,12-13H2,1-4H3,(H,24,25)(H2,21,22,23). The Bertz CT molecular complexity index is 633. The van der Waals surface area contributed by atoms with Crippen LogP contribution in [0, 0.1) is 5.82 Å². The van der Waals surface area contributed by atoms with Gasteiger partial charge in [0.25, 0.3) is 0 Å². The van der Waals surface area contributed by atoms with Gasteiger partial charge in [0.05, 0.1) is 0 Å². The molecule has 0 heterocycles. The number of nitrogens with zero attached hydrogens (tertiary/aromatic N) is 1. The molecule has 5 nitrogen and oxygen atoms in total. The van der Waals surface area contributed by atoms with Crippen LogP contribution in [0.5, 0.6) is 0 Å². The summed E-state index contributed by atoms with van der Waals surface area (Å²) < 4.78 is 13.5. The second kappa shape index (κ2) is 7.85. The lowest BCUT2D eigenvalue weighted by Crippen LogP contribution is -2.44. The van der Waals surface area contributed by atoms with Crippen molar-refractivity contribution < 1.29 is 9.18 Å². The topological polar surface area (TPSA) is 65.5 Å². The summed E-state index contributed by atoms with van der Waals surface area (Å²) in [7, 11) is 0. The molecule has 0 aromatic heterocycles. The third-order valence-corrected chi connectivity index (χ3v) is 4.12. The van der Waals surface area contributed by atoms with Gasteiger partial charge in [-0.2, -0.15) is 0 Å². The van der Waals surface area contributed by atoms with Gasteiger partial charge in [0.1, 0.15) is 12.4 Å². The number of aliphatic imine (C=N–C) groups is 1. The fourth-order valence-corrected chi connectivity index (χ4v) is 2.74. The molecule has 0 unspecified atom stereocenters. The first-order valence-electron chi connectivity index (χ1n) is 8.83. The molecule has 0 radical (unpaired) electrons. The van der Waals surface area contributed by atoms with Crippen molar-refractivity contribution in [3.8, 4) is 0 Å². The first-order valence-corrected chi connectivity index (χ1v) is 8.83. The first kappa shape index (κ1) is 19.2. The zero-order chi connectivity index (χ0) is 18.5. The third-order valence-electron chi connectivity index (χ3n) is 4.12. The Balaban J connectivity index is 1.95. The van der Waals surface area contributed by atoms with Gasteiger partial charge >= 0.3 is 0 Å². The van der Waals surface area contributed by atoms with E-state index in [2.05, 4.69) is 20.9 Å². The van der Waals surface area contributed by atoms with Gasteiger partial charge in [-0.1, -0.05) is 12.1 Å². The van der Waals surface area contributed by atoms with Crippen LogP contribution < -0.4 is 16.0 Å². The highest BCUT2D eigenvalue weighted by Crippen LogP contribution is 2.47. The summed E-state index contributed by atoms with van der Waals surface area (Å²) in [6.07, 6.45) is 2.04. The van der Waals surface area contributed by atoms with Crippen LogP contribution in [0.1, 0.15) is 46.1 Å². The fraction of sp³-hybridized carbons (Fsp3) is 0.579. The van der Waals surface area contributed by atoms with Crippen LogP contribution in [0.25, 0.3) is 0 Å². The van der Waals surface area contributed by atoms with Gasteiger partial charge in [-0.3, -0.25) is 4.79 Å². The van der Waals surface area contributed by atoms with Crippen molar-refractivity contribution in [1.82, 2.24) is 16.0 Å². The molecule has 2 rings (SSSR count). The van der Waals surface area contributed by atoms with E-state index in [9.17, 15) is 9.18 Å². The average Bonchev–Trinajstić information content (AvgIpc) is 3.29. The minimum Gasteiger partial charge on any atom is -0.357 e.